The minimum Gasteiger partial charge on any atom is -0.491 e. The molecule has 0 radical (unpaired) electrons. The molecule has 2 aromatic rings. The Bertz CT molecular complexity index is 647. The average molecular weight is 271 g/mol. The second kappa shape index (κ2) is 5.21. The molecule has 0 N–H and O–H groups in total. The Kier molecular flexibility index (Phi) is 3.25. The summed E-state index contributed by atoms with van der Waals surface area (Å²) in [5, 5.41) is 0. The number of benzene rings is 1. The molecule has 0 fully saturated rings. The average Bonchev–Trinajstić information content (AvgIpc) is 2.87. The van der Waals surface area contributed by atoms with Gasteiger partial charge in [-0.2, -0.15) is 0 Å². The van der Waals surface area contributed by atoms with Crippen molar-refractivity contribution in [3.63, 3.8) is 0 Å². The van der Waals surface area contributed by atoms with E-state index in [4.69, 9.17) is 9.15 Å². The number of hydrogen-bond donors (Lipinski definition) is 0. The summed E-state index contributed by atoms with van der Waals surface area (Å²) in [6, 6.07) is 10.7. The minimum atomic E-state index is -0.0287. The zero-order valence-corrected chi connectivity index (χ0v) is 10.7. The Hall–Kier alpha value is -2.56. The monoisotopic (exact) mass is 271 g/mol. The van der Waals surface area contributed by atoms with Crippen molar-refractivity contribution in [3.8, 4) is 5.75 Å². The first kappa shape index (κ1) is 12.5. The van der Waals surface area contributed by atoms with E-state index in [9.17, 15) is 9.59 Å². The lowest BCUT2D eigenvalue weighted by Crippen LogP contribution is -2.29. The lowest BCUT2D eigenvalue weighted by Gasteiger charge is -2.20. The van der Waals surface area contributed by atoms with Crippen molar-refractivity contribution in [2.24, 2.45) is 0 Å². The van der Waals surface area contributed by atoms with Crippen molar-refractivity contribution in [3.05, 3.63) is 47.9 Å². The van der Waals surface area contributed by atoms with E-state index in [0.717, 1.165) is 5.69 Å². The number of nitrogens with zero attached hydrogens (tertiary/aromatic N) is 1. The molecule has 102 valence electrons. The van der Waals surface area contributed by atoms with Crippen LogP contribution in [0.15, 0.2) is 40.8 Å². The van der Waals surface area contributed by atoms with Crippen molar-refractivity contribution >= 4 is 17.9 Å². The molecule has 20 heavy (non-hydrogen) atoms. The number of para-hydroxylation sites is 2. The second-order valence-electron chi connectivity index (χ2n) is 4.47. The van der Waals surface area contributed by atoms with Gasteiger partial charge in [-0.1, -0.05) is 12.1 Å². The summed E-state index contributed by atoms with van der Waals surface area (Å²) in [4.78, 5) is 24.4. The van der Waals surface area contributed by atoms with Crippen LogP contribution in [0.3, 0.4) is 0 Å². The number of furan rings is 1. The Morgan fingerprint density at radius 1 is 1.20 bits per heavy atom. The number of aldehydes is 1. The van der Waals surface area contributed by atoms with E-state index in [-0.39, 0.29) is 18.2 Å². The van der Waals surface area contributed by atoms with Gasteiger partial charge in [-0.05, 0) is 24.3 Å². The molecule has 3 rings (SSSR count). The summed E-state index contributed by atoms with van der Waals surface area (Å²) in [6.45, 7) is 0.650. The maximum atomic E-state index is 12.2. The first-order valence-electron chi connectivity index (χ1n) is 6.34. The zero-order valence-electron chi connectivity index (χ0n) is 10.7. The largest absolute Gasteiger partial charge is 0.491 e. The third kappa shape index (κ3) is 2.30. The smallest absolute Gasteiger partial charge is 0.230 e. The first-order valence-corrected chi connectivity index (χ1v) is 6.34. The van der Waals surface area contributed by atoms with Crippen LogP contribution in [0.5, 0.6) is 5.75 Å². The zero-order chi connectivity index (χ0) is 13.9. The van der Waals surface area contributed by atoms with Crippen LogP contribution in [0.2, 0.25) is 0 Å². The molecular formula is C15H13NO4. The number of ether oxygens (including phenoxy) is 1. The SMILES string of the molecule is O=Cc1ccc(CN2C(=O)CCOc3ccccc32)o1. The third-order valence-corrected chi connectivity index (χ3v) is 3.14. The molecule has 0 bridgehead atoms. The fourth-order valence-corrected chi connectivity index (χ4v) is 2.19. The maximum absolute atomic E-state index is 12.2. The number of carbonyl (C=O) groups is 2. The fourth-order valence-electron chi connectivity index (χ4n) is 2.19. The van der Waals surface area contributed by atoms with E-state index in [1.807, 2.05) is 24.3 Å². The van der Waals surface area contributed by atoms with Crippen molar-refractivity contribution in [1.29, 1.82) is 0 Å². The predicted molar refractivity (Wildman–Crippen MR) is 71.8 cm³/mol. The molecule has 0 unspecified atom stereocenters. The number of amides is 1. The number of hydrogen-bond acceptors (Lipinski definition) is 4. The molecule has 0 saturated heterocycles. The molecule has 5 nitrogen and oxygen atoms in total. The van der Waals surface area contributed by atoms with Gasteiger partial charge in [0.15, 0.2) is 12.0 Å². The Labute approximate surface area is 115 Å². The number of fused-ring (bicyclic) bond motifs is 1. The standard InChI is InChI=1S/C15H13NO4/c17-10-12-6-5-11(20-12)9-16-13-3-1-2-4-14(13)19-8-7-15(16)18/h1-6,10H,7-9H2. The van der Waals surface area contributed by atoms with Crippen LogP contribution in [0.4, 0.5) is 5.69 Å². The van der Waals surface area contributed by atoms with Crippen LogP contribution < -0.4 is 9.64 Å². The molecule has 1 amide bonds. The molecule has 1 aromatic carbocycles. The molecule has 5 heteroatoms. The molecule has 0 saturated carbocycles. The van der Waals surface area contributed by atoms with E-state index < -0.39 is 0 Å². The summed E-state index contributed by atoms with van der Waals surface area (Å²) in [5.41, 5.74) is 0.721. The molecule has 1 aliphatic heterocycles. The lowest BCUT2D eigenvalue weighted by atomic mass is 10.2. The van der Waals surface area contributed by atoms with Gasteiger partial charge in [-0.15, -0.1) is 0 Å². The molecule has 1 aromatic heterocycles. The fraction of sp³-hybridized carbons (Fsp3) is 0.200. The molecule has 2 heterocycles. The summed E-state index contributed by atoms with van der Waals surface area (Å²) >= 11 is 0. The van der Waals surface area contributed by atoms with Gasteiger partial charge < -0.3 is 14.1 Å². The first-order chi connectivity index (χ1) is 9.78. The van der Waals surface area contributed by atoms with E-state index in [1.54, 1.807) is 17.0 Å². The number of carbonyl (C=O) groups excluding carboxylic acids is 2. The van der Waals surface area contributed by atoms with Crippen molar-refractivity contribution in [1.82, 2.24) is 0 Å². The van der Waals surface area contributed by atoms with E-state index >= 15 is 0 Å². The maximum Gasteiger partial charge on any atom is 0.230 e. The minimum absolute atomic E-state index is 0.0287. The van der Waals surface area contributed by atoms with Gasteiger partial charge in [0.25, 0.3) is 0 Å². The highest BCUT2D eigenvalue weighted by Crippen LogP contribution is 2.32. The highest BCUT2D eigenvalue weighted by Gasteiger charge is 2.24. The second-order valence-corrected chi connectivity index (χ2v) is 4.47. The van der Waals surface area contributed by atoms with Gasteiger partial charge >= 0.3 is 0 Å². The van der Waals surface area contributed by atoms with Crippen LogP contribution in [-0.2, 0) is 11.3 Å². The summed E-state index contributed by atoms with van der Waals surface area (Å²) in [6.07, 6.45) is 0.959. The van der Waals surface area contributed by atoms with E-state index in [0.29, 0.717) is 30.8 Å². The molecule has 0 spiro atoms. The van der Waals surface area contributed by atoms with E-state index in [1.165, 1.54) is 0 Å². The highest BCUT2D eigenvalue weighted by atomic mass is 16.5. The van der Waals surface area contributed by atoms with Crippen molar-refractivity contribution < 1.29 is 18.7 Å². The van der Waals surface area contributed by atoms with Crippen LogP contribution in [0.25, 0.3) is 0 Å². The summed E-state index contributed by atoms with van der Waals surface area (Å²) in [7, 11) is 0. The molecule has 0 atom stereocenters. The van der Waals surface area contributed by atoms with Gasteiger partial charge in [0, 0.05) is 0 Å². The highest BCUT2D eigenvalue weighted by molar-refractivity contribution is 5.95. The topological polar surface area (TPSA) is 59.8 Å². The molecular weight excluding hydrogens is 258 g/mol. The van der Waals surface area contributed by atoms with Gasteiger partial charge in [0.1, 0.15) is 11.5 Å². The van der Waals surface area contributed by atoms with Crippen LogP contribution in [-0.4, -0.2) is 18.8 Å². The normalized spacial score (nSPS) is 14.4. The van der Waals surface area contributed by atoms with Gasteiger partial charge in [-0.25, -0.2) is 0 Å². The Morgan fingerprint density at radius 2 is 2.05 bits per heavy atom. The quantitative estimate of drug-likeness (QED) is 0.804. The number of rotatable bonds is 3. The number of anilines is 1. The summed E-state index contributed by atoms with van der Waals surface area (Å²) < 4.78 is 10.9. The Balaban J connectivity index is 1.93. The molecule has 1 aliphatic rings. The van der Waals surface area contributed by atoms with Gasteiger partial charge in [0.05, 0.1) is 25.3 Å². The van der Waals surface area contributed by atoms with Crippen LogP contribution in [0.1, 0.15) is 22.7 Å². The van der Waals surface area contributed by atoms with Gasteiger partial charge in [0.2, 0.25) is 5.91 Å². The summed E-state index contributed by atoms with van der Waals surface area (Å²) in [5.74, 6) is 1.48. The third-order valence-electron chi connectivity index (χ3n) is 3.14. The lowest BCUT2D eigenvalue weighted by molar-refractivity contribution is -0.119. The Morgan fingerprint density at radius 3 is 2.85 bits per heavy atom. The predicted octanol–water partition coefficient (Wildman–Crippen LogP) is 2.41. The van der Waals surface area contributed by atoms with Gasteiger partial charge in [-0.3, -0.25) is 9.59 Å². The molecule has 0 aliphatic carbocycles. The van der Waals surface area contributed by atoms with E-state index in [2.05, 4.69) is 0 Å². The van der Waals surface area contributed by atoms with Crippen molar-refractivity contribution in [2.75, 3.05) is 11.5 Å². The van der Waals surface area contributed by atoms with Crippen molar-refractivity contribution in [2.45, 2.75) is 13.0 Å². The van der Waals surface area contributed by atoms with Crippen LogP contribution >= 0.6 is 0 Å². The van der Waals surface area contributed by atoms with Crippen LogP contribution in [0, 0.1) is 0 Å².